The monoisotopic (exact) mass is 1340 g/mol. The van der Waals surface area contributed by atoms with Crippen LogP contribution in [0.4, 0.5) is 0 Å². The van der Waals surface area contributed by atoms with E-state index in [0.29, 0.717) is 11.1 Å². The number of esters is 3. The third-order valence-electron chi connectivity index (χ3n) is 15.3. The number of ether oxygens (including phenoxy) is 12. The number of methoxy groups -OCH3 is 1. The van der Waals surface area contributed by atoms with Crippen LogP contribution in [0.25, 0.3) is 34.4 Å². The molecule has 4 aliphatic heterocycles. The number of hydrogen-bond acceptors (Lipinski definition) is 32. The number of carbonyl (C=O) groups excluding carboxylic acids is 3. The molecule has 20 atom stereocenters. The number of fused-ring (bicyclic) bond motifs is 1. The number of rotatable bonds is 23. The fourth-order valence-electron chi connectivity index (χ4n) is 10.2. The first-order valence-electron chi connectivity index (χ1n) is 28.8. The van der Waals surface area contributed by atoms with Gasteiger partial charge in [0, 0.05) is 30.4 Å². The second kappa shape index (κ2) is 30.8. The van der Waals surface area contributed by atoms with E-state index in [1.165, 1.54) is 67.8 Å². The van der Waals surface area contributed by atoms with Crippen LogP contribution in [-0.2, 0) is 57.1 Å². The molecule has 1 aromatic heterocycles. The summed E-state index contributed by atoms with van der Waals surface area (Å²) in [6, 6.07) is 16.0. The Kier molecular flexibility index (Phi) is 22.9. The van der Waals surface area contributed by atoms with Crippen LogP contribution in [0, 0.1) is 0 Å². The lowest BCUT2D eigenvalue weighted by atomic mass is 9.97. The van der Waals surface area contributed by atoms with E-state index in [-0.39, 0.29) is 33.8 Å². The van der Waals surface area contributed by atoms with Gasteiger partial charge in [-0.05, 0) is 59.7 Å². The highest BCUT2D eigenvalue weighted by molar-refractivity contribution is 5.91. The van der Waals surface area contributed by atoms with Gasteiger partial charge < -0.3 is 144 Å². The number of phenols is 4. The minimum Gasteiger partial charge on any atom is -0.507 e. The Balaban J connectivity index is 1.04. The number of aliphatic hydroxyl groups is 12. The van der Waals surface area contributed by atoms with Gasteiger partial charge in [-0.3, -0.25) is 9.59 Å². The van der Waals surface area contributed by atoms with Crippen molar-refractivity contribution in [2.24, 2.45) is 0 Å². The standard InChI is InChI=1S/C61H66O34/c1-83-35-14-25(4-10-31(35)66)6-13-43(71)94-56-51(79)46(74)38(21-63)91-61(56)95-57-52(80)48(76)40(22-84-42(70)12-5-24-2-8-28(9-3-24)86-58-53(81)49(77)45(73)37(20-62)90-58)93-60(57)89-36-18-29-33(87-55(36)26-7-11-30(65)32(67)15-26)16-27(64)17-34(29)88-59-54(82)50(78)47(75)39(92-59)23-85-44(72)19-41(68)69/h2-18,37-40,45-54,56-63,73-82H,19-23H2,1H3,(H4-,64,65,66,67,68,69,71)/p+1/b12-5+/t37-,38-,39-,40-,45-,46-,47-,48-,49+,50+,51+,52+,53-,54-,56-,57-,58-,59-,60-,61+/m1/s1. The highest BCUT2D eigenvalue weighted by atomic mass is 16.8. The predicted molar refractivity (Wildman–Crippen MR) is 310 cm³/mol. The van der Waals surface area contributed by atoms with Gasteiger partial charge in [-0.1, -0.05) is 18.2 Å². The minimum atomic E-state index is -2.28. The average molecular weight is 1340 g/mol. The molecule has 34 nitrogen and oxygen atoms in total. The van der Waals surface area contributed by atoms with Crippen molar-refractivity contribution in [3.8, 4) is 57.3 Å². The zero-order valence-electron chi connectivity index (χ0n) is 49.4. The van der Waals surface area contributed by atoms with Gasteiger partial charge in [0.05, 0.1) is 32.0 Å². The summed E-state index contributed by atoms with van der Waals surface area (Å²) in [5.41, 5.74) is 0.212. The van der Waals surface area contributed by atoms with Crippen molar-refractivity contribution in [1.82, 2.24) is 0 Å². The molecular weight excluding hydrogens is 1280 g/mol. The van der Waals surface area contributed by atoms with Gasteiger partial charge in [-0.15, -0.1) is 0 Å². The van der Waals surface area contributed by atoms with Crippen LogP contribution in [0.15, 0.2) is 95.4 Å². The smallest absolute Gasteiger partial charge is 0.402 e. The first-order chi connectivity index (χ1) is 45.2. The molecule has 0 bridgehead atoms. The molecule has 514 valence electrons. The molecule has 4 aliphatic rings. The van der Waals surface area contributed by atoms with E-state index in [4.69, 9.17) is 66.4 Å². The lowest BCUT2D eigenvalue weighted by molar-refractivity contribution is -0.358. The molecule has 4 saturated heterocycles. The van der Waals surface area contributed by atoms with Crippen molar-refractivity contribution in [2.45, 2.75) is 129 Å². The second-order valence-corrected chi connectivity index (χ2v) is 21.8. The van der Waals surface area contributed by atoms with Gasteiger partial charge in [0.15, 0.2) is 41.5 Å². The van der Waals surface area contributed by atoms with Crippen molar-refractivity contribution in [3.05, 3.63) is 102 Å². The van der Waals surface area contributed by atoms with Crippen LogP contribution in [0.3, 0.4) is 0 Å². The Morgan fingerprint density at radius 3 is 1.71 bits per heavy atom. The summed E-state index contributed by atoms with van der Waals surface area (Å²) in [4.78, 5) is 50.1. The zero-order valence-corrected chi connectivity index (χ0v) is 49.4. The number of carboxylic acids is 1. The fraction of sp³-hybridized carbons (Fsp3) is 0.426. The first-order valence-corrected chi connectivity index (χ1v) is 28.8. The van der Waals surface area contributed by atoms with E-state index in [1.807, 2.05) is 0 Å². The molecule has 9 rings (SSSR count). The molecule has 0 unspecified atom stereocenters. The largest absolute Gasteiger partial charge is 0.507 e. The molecule has 34 heteroatoms. The first kappa shape index (κ1) is 70.7. The molecule has 17 N–H and O–H groups in total. The van der Waals surface area contributed by atoms with Crippen LogP contribution >= 0.6 is 0 Å². The fourth-order valence-corrected chi connectivity index (χ4v) is 10.2. The van der Waals surface area contributed by atoms with E-state index in [0.717, 1.165) is 42.5 Å². The van der Waals surface area contributed by atoms with Gasteiger partial charge in [-0.2, -0.15) is 0 Å². The van der Waals surface area contributed by atoms with Crippen LogP contribution < -0.4 is 18.9 Å². The topological polar surface area (TPSA) is 534 Å². The summed E-state index contributed by atoms with van der Waals surface area (Å²) >= 11 is 0. The lowest BCUT2D eigenvalue weighted by Crippen LogP contribution is -2.65. The van der Waals surface area contributed by atoms with Crippen molar-refractivity contribution < 1.29 is 167 Å². The predicted octanol–water partition coefficient (Wildman–Crippen LogP) is -2.87. The molecule has 5 aromatic rings. The van der Waals surface area contributed by atoms with Crippen molar-refractivity contribution >= 4 is 47.0 Å². The Morgan fingerprint density at radius 2 is 1.05 bits per heavy atom. The number of aromatic hydroxyl groups is 4. The second-order valence-electron chi connectivity index (χ2n) is 21.8. The quantitative estimate of drug-likeness (QED) is 0.00780. The number of carbonyl (C=O) groups is 4. The van der Waals surface area contributed by atoms with Gasteiger partial charge in [0.1, 0.15) is 128 Å². The SMILES string of the molecule is COc1cc(C=CC(=O)O[C@H]2[C@H](O[C@H]3[C@H](Oc4cc5c(O[C@@H]6O[C@H](COC(=O)CC(=O)O)[C@@H](O)[C@H](O)[C@H]6O)cc(O)cc5[o+]c4-c4ccc(O)c(O)c4)O[C@H](COC(=O)/C=C/c4ccc(O[C@@H]5O[C@H](CO)[C@@H](O)[C@H](O)[C@H]5O)cc4)[C@@H](O)[C@@H]3O)O[C@H](CO)[C@@H](O)[C@@H]2O)ccc1O. The highest BCUT2D eigenvalue weighted by Crippen LogP contribution is 2.44. The third-order valence-corrected chi connectivity index (χ3v) is 15.3. The van der Waals surface area contributed by atoms with E-state index in [2.05, 4.69) is 0 Å². The van der Waals surface area contributed by atoms with E-state index >= 15 is 0 Å². The summed E-state index contributed by atoms with van der Waals surface area (Å²) < 4.78 is 74.6. The molecule has 0 radical (unpaired) electrons. The van der Waals surface area contributed by atoms with Gasteiger partial charge in [0.25, 0.3) is 0 Å². The van der Waals surface area contributed by atoms with Gasteiger partial charge >= 0.3 is 35.2 Å². The molecule has 0 aliphatic carbocycles. The summed E-state index contributed by atoms with van der Waals surface area (Å²) in [6.07, 6.45) is -35.1. The summed E-state index contributed by atoms with van der Waals surface area (Å²) in [5, 5.41) is 181. The molecule has 4 aromatic carbocycles. The highest BCUT2D eigenvalue weighted by Gasteiger charge is 2.54. The maximum absolute atomic E-state index is 13.5. The van der Waals surface area contributed by atoms with Crippen LogP contribution in [0.1, 0.15) is 17.5 Å². The number of aliphatic hydroxyl groups excluding tert-OH is 12. The Morgan fingerprint density at radius 1 is 0.505 bits per heavy atom. The average Bonchev–Trinajstić information content (AvgIpc) is 0.776. The molecule has 5 heterocycles. The summed E-state index contributed by atoms with van der Waals surface area (Å²) in [6.45, 7) is -3.48. The summed E-state index contributed by atoms with van der Waals surface area (Å²) in [7, 11) is 1.28. The maximum Gasteiger partial charge on any atom is 0.402 e. The molecule has 0 spiro atoms. The minimum absolute atomic E-state index is 0.0306. The van der Waals surface area contributed by atoms with E-state index in [1.54, 1.807) is 0 Å². The van der Waals surface area contributed by atoms with E-state index in [9.17, 15) is 101 Å². The lowest BCUT2D eigenvalue weighted by Gasteiger charge is -2.46. The normalized spacial score (nSPS) is 31.0. The van der Waals surface area contributed by atoms with Crippen molar-refractivity contribution in [3.63, 3.8) is 0 Å². The van der Waals surface area contributed by atoms with Crippen LogP contribution in [0.2, 0.25) is 0 Å². The number of benzene rings is 4. The molecule has 0 saturated carbocycles. The third kappa shape index (κ3) is 16.5. The summed E-state index contributed by atoms with van der Waals surface area (Å²) in [5.74, 6) is -8.63. The Bertz CT molecular complexity index is 3560. The van der Waals surface area contributed by atoms with Crippen LogP contribution in [0.5, 0.6) is 46.0 Å². The zero-order chi connectivity index (χ0) is 68.7. The molecule has 4 fully saturated rings. The van der Waals surface area contributed by atoms with Gasteiger partial charge in [-0.25, -0.2) is 14.0 Å². The van der Waals surface area contributed by atoms with Crippen molar-refractivity contribution in [2.75, 3.05) is 33.5 Å². The van der Waals surface area contributed by atoms with Gasteiger partial charge in [0.2, 0.25) is 24.6 Å². The number of hydrogen-bond donors (Lipinski definition) is 17. The molecule has 0 amide bonds. The van der Waals surface area contributed by atoms with E-state index < -0.39 is 214 Å². The number of phenolic OH excluding ortho intramolecular Hbond substituents is 4. The number of carboxylic acid groups (broad SMARTS) is 1. The molecule has 95 heavy (non-hydrogen) atoms. The van der Waals surface area contributed by atoms with Crippen LogP contribution in [-0.4, -0.2) is 267 Å². The molecular formula is C61H67O34+. The maximum atomic E-state index is 13.5. The Labute approximate surface area is 535 Å². The Hall–Kier alpha value is -8.63. The number of aliphatic carboxylic acids is 1. The van der Waals surface area contributed by atoms with Crippen molar-refractivity contribution in [1.29, 1.82) is 0 Å².